The van der Waals surface area contributed by atoms with E-state index in [1.54, 1.807) is 0 Å². The van der Waals surface area contributed by atoms with Crippen molar-refractivity contribution in [2.45, 2.75) is 0 Å². The largest absolute Gasteiger partial charge is 0.456 e. The van der Waals surface area contributed by atoms with Gasteiger partial charge < -0.3 is 4.42 Å². The van der Waals surface area contributed by atoms with Crippen LogP contribution in [-0.4, -0.2) is 15.0 Å². The Labute approximate surface area is 304 Å². The molecule has 53 heavy (non-hydrogen) atoms. The number of para-hydroxylation sites is 1. The SMILES string of the molecule is c1ccc(-c2nc(-c3cccc(-c4ccc5c(ccc6c5ccc5ccc7ccccc7c56)c4)c3)nc(-c3cccc4oc5ccccc5c34)n2)cc1. The predicted octanol–water partition coefficient (Wildman–Crippen LogP) is 13.1. The highest BCUT2D eigenvalue weighted by Gasteiger charge is 2.18. The molecule has 0 saturated carbocycles. The molecule has 0 unspecified atom stereocenters. The van der Waals surface area contributed by atoms with Crippen molar-refractivity contribution in [3.63, 3.8) is 0 Å². The standard InChI is InChI=1S/C49H29N3O/c1-2-11-32(12-3-1)47-50-48(52-49(51-47)42-17-9-19-44-46(42)41-16-6-7-18-43(41)53-44)36-14-8-13-33(29-36)34-23-25-37-35(28-34)24-27-40-39(37)26-22-31-21-20-30-10-4-5-15-38(30)45(31)40/h1-29H. The number of benzene rings is 9. The summed E-state index contributed by atoms with van der Waals surface area (Å²) in [6.45, 7) is 0. The van der Waals surface area contributed by atoms with Gasteiger partial charge >= 0.3 is 0 Å². The molecule has 11 rings (SSSR count). The van der Waals surface area contributed by atoms with Gasteiger partial charge in [0.1, 0.15) is 11.2 Å². The maximum Gasteiger partial charge on any atom is 0.164 e. The smallest absolute Gasteiger partial charge is 0.164 e. The number of hydrogen-bond acceptors (Lipinski definition) is 4. The van der Waals surface area contributed by atoms with Gasteiger partial charge in [-0.05, 0) is 78.5 Å². The van der Waals surface area contributed by atoms with E-state index in [2.05, 4.69) is 115 Å². The summed E-state index contributed by atoms with van der Waals surface area (Å²) < 4.78 is 6.23. The average Bonchev–Trinajstić information content (AvgIpc) is 3.62. The highest BCUT2D eigenvalue weighted by atomic mass is 16.3. The number of rotatable bonds is 4. The highest BCUT2D eigenvalue weighted by molar-refractivity contribution is 6.24. The first-order chi connectivity index (χ1) is 26.2. The first-order valence-corrected chi connectivity index (χ1v) is 17.9. The van der Waals surface area contributed by atoms with Crippen LogP contribution in [0.25, 0.3) is 110 Å². The van der Waals surface area contributed by atoms with Crippen LogP contribution in [0.15, 0.2) is 180 Å². The molecule has 0 amide bonds. The Morgan fingerprint density at radius 1 is 0.302 bits per heavy atom. The van der Waals surface area contributed by atoms with Gasteiger partial charge in [-0.2, -0.15) is 0 Å². The molecule has 0 aliphatic carbocycles. The molecule has 11 aromatic rings. The second-order valence-electron chi connectivity index (χ2n) is 13.6. The molecule has 0 radical (unpaired) electrons. The van der Waals surface area contributed by atoms with Gasteiger partial charge in [0.05, 0.1) is 0 Å². The Balaban J connectivity index is 1.05. The van der Waals surface area contributed by atoms with Crippen molar-refractivity contribution in [1.29, 1.82) is 0 Å². The van der Waals surface area contributed by atoms with Gasteiger partial charge in [0.2, 0.25) is 0 Å². The van der Waals surface area contributed by atoms with Crippen LogP contribution in [0, 0.1) is 0 Å². The molecule has 2 aromatic heterocycles. The molecule has 0 aliphatic heterocycles. The molecule has 0 N–H and O–H groups in total. The summed E-state index contributed by atoms with van der Waals surface area (Å²) in [7, 11) is 0. The van der Waals surface area contributed by atoms with Gasteiger partial charge in [0.15, 0.2) is 17.5 Å². The lowest BCUT2D eigenvalue weighted by Crippen LogP contribution is -2.00. The molecule has 9 aromatic carbocycles. The van der Waals surface area contributed by atoms with Gasteiger partial charge in [-0.1, -0.05) is 152 Å². The van der Waals surface area contributed by atoms with E-state index in [1.165, 1.54) is 43.1 Å². The van der Waals surface area contributed by atoms with Crippen LogP contribution in [0.3, 0.4) is 0 Å². The van der Waals surface area contributed by atoms with Crippen molar-refractivity contribution in [1.82, 2.24) is 15.0 Å². The summed E-state index contributed by atoms with van der Waals surface area (Å²) >= 11 is 0. The van der Waals surface area contributed by atoms with Crippen molar-refractivity contribution >= 4 is 65.0 Å². The molecule has 0 atom stereocenters. The molecule has 0 saturated heterocycles. The van der Waals surface area contributed by atoms with E-state index in [0.29, 0.717) is 17.5 Å². The molecule has 246 valence electrons. The lowest BCUT2D eigenvalue weighted by molar-refractivity contribution is 0.669. The van der Waals surface area contributed by atoms with E-state index >= 15 is 0 Å². The van der Waals surface area contributed by atoms with E-state index in [1.807, 2.05) is 60.7 Å². The molecule has 4 heteroatoms. The van der Waals surface area contributed by atoms with Crippen LogP contribution in [0.2, 0.25) is 0 Å². The maximum atomic E-state index is 6.23. The van der Waals surface area contributed by atoms with Gasteiger partial charge in [-0.3, -0.25) is 0 Å². The van der Waals surface area contributed by atoms with Gasteiger partial charge in [0, 0.05) is 27.5 Å². The summed E-state index contributed by atoms with van der Waals surface area (Å²) in [5.74, 6) is 1.85. The second-order valence-corrected chi connectivity index (χ2v) is 13.6. The number of aromatic nitrogens is 3. The quantitative estimate of drug-likeness (QED) is 0.174. The zero-order valence-electron chi connectivity index (χ0n) is 28.5. The normalized spacial score (nSPS) is 11.8. The van der Waals surface area contributed by atoms with Crippen molar-refractivity contribution < 1.29 is 4.42 Å². The fraction of sp³-hybridized carbons (Fsp3) is 0. The number of nitrogens with zero attached hydrogens (tertiary/aromatic N) is 3. The Morgan fingerprint density at radius 2 is 0.925 bits per heavy atom. The predicted molar refractivity (Wildman–Crippen MR) is 219 cm³/mol. The zero-order chi connectivity index (χ0) is 34.9. The Bertz CT molecular complexity index is 3240. The maximum absolute atomic E-state index is 6.23. The Kier molecular flexibility index (Phi) is 6.52. The molecule has 2 heterocycles. The van der Waals surface area contributed by atoms with E-state index < -0.39 is 0 Å². The van der Waals surface area contributed by atoms with Gasteiger partial charge in [0.25, 0.3) is 0 Å². The lowest BCUT2D eigenvalue weighted by atomic mass is 9.92. The molecule has 0 fully saturated rings. The average molecular weight is 676 g/mol. The summed E-state index contributed by atoms with van der Waals surface area (Å²) in [5.41, 5.74) is 6.64. The van der Waals surface area contributed by atoms with E-state index in [0.717, 1.165) is 49.8 Å². The third kappa shape index (κ3) is 4.80. The summed E-state index contributed by atoms with van der Waals surface area (Å²) in [4.78, 5) is 15.2. The monoisotopic (exact) mass is 675 g/mol. The van der Waals surface area contributed by atoms with E-state index in [4.69, 9.17) is 19.4 Å². The molecule has 0 bridgehead atoms. The number of hydrogen-bond donors (Lipinski definition) is 0. The fourth-order valence-electron chi connectivity index (χ4n) is 7.97. The Morgan fingerprint density at radius 3 is 1.85 bits per heavy atom. The summed E-state index contributed by atoms with van der Waals surface area (Å²) in [6.07, 6.45) is 0. The third-order valence-corrected chi connectivity index (χ3v) is 10.5. The minimum absolute atomic E-state index is 0.606. The summed E-state index contributed by atoms with van der Waals surface area (Å²) in [6, 6.07) is 61.8. The molecule has 0 spiro atoms. The zero-order valence-corrected chi connectivity index (χ0v) is 28.5. The van der Waals surface area contributed by atoms with Crippen LogP contribution in [0.4, 0.5) is 0 Å². The molecule has 4 nitrogen and oxygen atoms in total. The van der Waals surface area contributed by atoms with Crippen LogP contribution in [-0.2, 0) is 0 Å². The number of furan rings is 1. The highest BCUT2D eigenvalue weighted by Crippen LogP contribution is 2.39. The van der Waals surface area contributed by atoms with Crippen LogP contribution in [0.5, 0.6) is 0 Å². The molecular weight excluding hydrogens is 647 g/mol. The van der Waals surface area contributed by atoms with Crippen molar-refractivity contribution in [3.05, 3.63) is 176 Å². The van der Waals surface area contributed by atoms with E-state index in [-0.39, 0.29) is 0 Å². The van der Waals surface area contributed by atoms with Gasteiger partial charge in [-0.25, -0.2) is 15.0 Å². The first-order valence-electron chi connectivity index (χ1n) is 17.9. The number of fused-ring (bicyclic) bond motifs is 10. The molecular formula is C49H29N3O. The summed E-state index contributed by atoms with van der Waals surface area (Å²) in [5, 5.41) is 12.1. The third-order valence-electron chi connectivity index (χ3n) is 10.5. The fourth-order valence-corrected chi connectivity index (χ4v) is 7.97. The van der Waals surface area contributed by atoms with Crippen LogP contribution in [0.1, 0.15) is 0 Å². The minimum Gasteiger partial charge on any atom is -0.456 e. The first kappa shape index (κ1) is 29.5. The van der Waals surface area contributed by atoms with Crippen LogP contribution >= 0.6 is 0 Å². The van der Waals surface area contributed by atoms with Gasteiger partial charge in [-0.15, -0.1) is 0 Å². The van der Waals surface area contributed by atoms with Crippen molar-refractivity contribution in [2.75, 3.05) is 0 Å². The molecule has 0 aliphatic rings. The van der Waals surface area contributed by atoms with Crippen LogP contribution < -0.4 is 0 Å². The van der Waals surface area contributed by atoms with Crippen molar-refractivity contribution in [2.24, 2.45) is 0 Å². The topological polar surface area (TPSA) is 51.8 Å². The van der Waals surface area contributed by atoms with Crippen molar-refractivity contribution in [3.8, 4) is 45.3 Å². The minimum atomic E-state index is 0.606. The second kappa shape index (κ2) is 11.7. The van der Waals surface area contributed by atoms with E-state index in [9.17, 15) is 0 Å². The lowest BCUT2D eigenvalue weighted by Gasteiger charge is -2.12. The Hall–Kier alpha value is -7.17.